The van der Waals surface area contributed by atoms with E-state index in [0.29, 0.717) is 0 Å². The molecule has 0 saturated carbocycles. The molecule has 0 amide bonds. The Kier molecular flexibility index (Phi) is 6.54. The molecule has 0 aliphatic carbocycles. The van der Waals surface area contributed by atoms with Gasteiger partial charge in [0.05, 0.1) is 6.04 Å². The minimum absolute atomic E-state index is 0.138. The van der Waals surface area contributed by atoms with Crippen LogP contribution in [0.25, 0.3) is 38.7 Å². The third-order valence-electron chi connectivity index (χ3n) is 7.66. The smallest absolute Gasteiger partial charge is 0.133 e. The van der Waals surface area contributed by atoms with Gasteiger partial charge in [-0.05, 0) is 50.7 Å². The van der Waals surface area contributed by atoms with Crippen molar-refractivity contribution in [3.8, 4) is 22.3 Å². The maximum atomic E-state index is 5.98. The van der Waals surface area contributed by atoms with Gasteiger partial charge in [0.25, 0.3) is 0 Å². The van der Waals surface area contributed by atoms with Gasteiger partial charge in [0.15, 0.2) is 0 Å². The number of fused-ring (bicyclic) bond motifs is 1. The second-order valence-electron chi connectivity index (χ2n) is 10.3. The monoisotopic (exact) mass is 522 g/mol. The van der Waals surface area contributed by atoms with E-state index in [0.717, 1.165) is 39.2 Å². The Morgan fingerprint density at radius 2 is 1.12 bits per heavy atom. The Morgan fingerprint density at radius 3 is 1.85 bits per heavy atom. The van der Waals surface area contributed by atoms with E-state index in [4.69, 9.17) is 12.8 Å². The van der Waals surface area contributed by atoms with Gasteiger partial charge in [-0.1, -0.05) is 145 Å². The van der Waals surface area contributed by atoms with Gasteiger partial charge < -0.3 is 5.32 Å². The van der Waals surface area contributed by atoms with E-state index >= 15 is 0 Å². The summed E-state index contributed by atoms with van der Waals surface area (Å²) in [5, 5.41) is 6.07. The summed E-state index contributed by atoms with van der Waals surface area (Å²) in [4.78, 5) is 5.20. The Morgan fingerprint density at radius 1 is 0.512 bits per heavy atom. The number of benzene rings is 6. The van der Waals surface area contributed by atoms with Crippen molar-refractivity contribution >= 4 is 35.6 Å². The number of aliphatic imine (C=N–C) groups is 1. The molecule has 0 spiro atoms. The van der Waals surface area contributed by atoms with E-state index in [1.807, 2.05) is 18.2 Å². The first-order valence-electron chi connectivity index (χ1n) is 13.9. The molecule has 192 valence electrons. The molecule has 6 aromatic rings. The number of nitrogens with one attached hydrogen (secondary N) is 1. The van der Waals surface area contributed by atoms with Crippen LogP contribution in [0.1, 0.15) is 22.7 Å². The van der Waals surface area contributed by atoms with Crippen molar-refractivity contribution in [1.82, 2.24) is 5.32 Å². The second-order valence-corrected chi connectivity index (χ2v) is 10.3. The van der Waals surface area contributed by atoms with Gasteiger partial charge >= 0.3 is 0 Å². The molecule has 3 heteroatoms. The minimum Gasteiger partial charge on any atom is -0.340 e. The molecule has 1 aliphatic rings. The summed E-state index contributed by atoms with van der Waals surface area (Å²) in [6.07, 6.45) is 2.25. The van der Waals surface area contributed by atoms with E-state index < -0.39 is 0 Å². The number of hydrogen-bond donors (Lipinski definition) is 1. The summed E-state index contributed by atoms with van der Waals surface area (Å²) in [7, 11) is 5.98. The summed E-state index contributed by atoms with van der Waals surface area (Å²) in [5.74, 6) is 0.866. The lowest BCUT2D eigenvalue weighted by atomic mass is 9.90. The Bertz CT molecular complexity index is 1910. The zero-order valence-corrected chi connectivity index (χ0v) is 22.5. The molecular formula is C38H27BN2. The molecule has 7 rings (SSSR count). The molecule has 1 aliphatic heterocycles. The normalized spacial score (nSPS) is 14.7. The van der Waals surface area contributed by atoms with Crippen LogP contribution in [0.4, 0.5) is 0 Å². The molecule has 1 N–H and O–H groups in total. The van der Waals surface area contributed by atoms with Crippen LogP contribution in [0.3, 0.4) is 0 Å². The second kappa shape index (κ2) is 10.8. The van der Waals surface area contributed by atoms with Crippen molar-refractivity contribution in [2.24, 2.45) is 4.99 Å². The Balaban J connectivity index is 1.36. The maximum absolute atomic E-state index is 5.98. The van der Waals surface area contributed by atoms with E-state index in [9.17, 15) is 0 Å². The van der Waals surface area contributed by atoms with Crippen molar-refractivity contribution in [2.45, 2.75) is 6.04 Å². The van der Waals surface area contributed by atoms with Gasteiger partial charge in [-0.15, -0.1) is 0 Å². The first-order valence-corrected chi connectivity index (χ1v) is 13.9. The van der Waals surface area contributed by atoms with Gasteiger partial charge in [-0.3, -0.25) is 4.99 Å². The molecule has 6 aromatic carbocycles. The van der Waals surface area contributed by atoms with Crippen molar-refractivity contribution in [2.75, 3.05) is 0 Å². The van der Waals surface area contributed by atoms with Crippen LogP contribution in [0.15, 0.2) is 157 Å². The average molecular weight is 522 g/mol. The Labute approximate surface area is 242 Å². The molecule has 1 unspecified atom stereocenters. The summed E-state index contributed by atoms with van der Waals surface area (Å²) in [6.45, 7) is 0. The molecule has 1 atom stereocenters. The van der Waals surface area contributed by atoms with E-state index in [-0.39, 0.29) is 6.04 Å². The zero-order valence-electron chi connectivity index (χ0n) is 22.5. The largest absolute Gasteiger partial charge is 0.340 e. The minimum atomic E-state index is -0.138. The maximum Gasteiger partial charge on any atom is 0.133 e. The molecule has 2 radical (unpaired) electrons. The van der Waals surface area contributed by atoms with Crippen molar-refractivity contribution in [1.29, 1.82) is 0 Å². The van der Waals surface area contributed by atoms with E-state index in [1.54, 1.807) is 0 Å². The van der Waals surface area contributed by atoms with E-state index in [2.05, 4.69) is 139 Å². The van der Waals surface area contributed by atoms with Crippen LogP contribution in [-0.4, -0.2) is 13.7 Å². The summed E-state index contributed by atoms with van der Waals surface area (Å²) in [5.41, 5.74) is 9.89. The fraction of sp³-hybridized carbons (Fsp3) is 0.0263. The molecule has 0 saturated heterocycles. The predicted octanol–water partition coefficient (Wildman–Crippen LogP) is 8.10. The first-order chi connectivity index (χ1) is 20.2. The van der Waals surface area contributed by atoms with Crippen LogP contribution >= 0.6 is 0 Å². The summed E-state index contributed by atoms with van der Waals surface area (Å²) >= 11 is 0. The molecule has 0 aromatic heterocycles. The summed E-state index contributed by atoms with van der Waals surface area (Å²) < 4.78 is 0. The quantitative estimate of drug-likeness (QED) is 0.227. The van der Waals surface area contributed by atoms with Gasteiger partial charge in [0.2, 0.25) is 0 Å². The fourth-order valence-corrected chi connectivity index (χ4v) is 5.59. The van der Waals surface area contributed by atoms with Crippen molar-refractivity contribution < 1.29 is 0 Å². The highest BCUT2D eigenvalue weighted by Crippen LogP contribution is 2.36. The molecular weight excluding hydrogens is 495 g/mol. The number of hydrogen-bond acceptors (Lipinski definition) is 2. The van der Waals surface area contributed by atoms with Gasteiger partial charge in [-0.2, -0.15) is 0 Å². The fourth-order valence-electron chi connectivity index (χ4n) is 5.59. The lowest BCUT2D eigenvalue weighted by molar-refractivity contribution is 0.881. The molecule has 0 bridgehead atoms. The van der Waals surface area contributed by atoms with Crippen LogP contribution in [0.2, 0.25) is 0 Å². The lowest BCUT2D eigenvalue weighted by Gasteiger charge is -2.25. The first kappa shape index (κ1) is 24.9. The van der Waals surface area contributed by atoms with Crippen LogP contribution in [0, 0.1) is 0 Å². The molecule has 41 heavy (non-hydrogen) atoms. The Hall–Kier alpha value is -5.15. The molecule has 1 heterocycles. The number of amidine groups is 1. The number of rotatable bonds is 5. The SMILES string of the molecule is [B]c1ccc(-c2ccc(C3=CC(c4cccc(-c5ccccc5)c4)N=C(c4ccccc4)N3)c3ccccc23)cc1. The highest BCUT2D eigenvalue weighted by molar-refractivity contribution is 6.32. The van der Waals surface area contributed by atoms with Gasteiger partial charge in [-0.25, -0.2) is 0 Å². The average Bonchev–Trinajstić information content (AvgIpc) is 3.05. The standard InChI is InChI=1S/C38H27BN2/c39-31-20-18-27(19-21-31)32-22-23-35(34-17-8-7-16-33(32)34)37-25-36(40-38(41-37)28-12-5-2-6-13-28)30-15-9-14-29(24-30)26-10-3-1-4-11-26/h1-25,36H,(H,40,41). The highest BCUT2D eigenvalue weighted by atomic mass is 15.0. The zero-order chi connectivity index (χ0) is 27.6. The van der Waals surface area contributed by atoms with Gasteiger partial charge in [0, 0.05) is 16.8 Å². The number of nitrogens with zero attached hydrogens (tertiary/aromatic N) is 1. The van der Waals surface area contributed by atoms with Crippen molar-refractivity contribution in [3.63, 3.8) is 0 Å². The lowest BCUT2D eigenvalue weighted by Crippen LogP contribution is -2.27. The van der Waals surface area contributed by atoms with Crippen LogP contribution in [0.5, 0.6) is 0 Å². The van der Waals surface area contributed by atoms with Gasteiger partial charge in [0.1, 0.15) is 13.7 Å². The van der Waals surface area contributed by atoms with Crippen LogP contribution < -0.4 is 10.8 Å². The third-order valence-corrected chi connectivity index (χ3v) is 7.66. The van der Waals surface area contributed by atoms with Crippen LogP contribution in [-0.2, 0) is 0 Å². The van der Waals surface area contributed by atoms with Crippen molar-refractivity contribution in [3.05, 3.63) is 168 Å². The topological polar surface area (TPSA) is 24.4 Å². The highest BCUT2D eigenvalue weighted by Gasteiger charge is 2.21. The molecule has 2 nitrogen and oxygen atoms in total. The van der Waals surface area contributed by atoms with E-state index in [1.165, 1.54) is 27.5 Å². The summed E-state index contributed by atoms with van der Waals surface area (Å²) in [6, 6.07) is 50.6. The predicted molar refractivity (Wildman–Crippen MR) is 173 cm³/mol. The third kappa shape index (κ3) is 4.99. The molecule has 0 fully saturated rings.